The van der Waals surface area contributed by atoms with Crippen molar-refractivity contribution >= 4 is 10.0 Å². The van der Waals surface area contributed by atoms with Gasteiger partial charge in [-0.2, -0.15) is 4.31 Å². The van der Waals surface area contributed by atoms with Gasteiger partial charge >= 0.3 is 0 Å². The summed E-state index contributed by atoms with van der Waals surface area (Å²) in [5.74, 6) is 0.820. The largest absolute Gasteiger partial charge is 0.265 e. The smallest absolute Gasteiger partial charge is 0.243 e. The Hall–Kier alpha value is -1.72. The predicted molar refractivity (Wildman–Crippen MR) is 95.5 cm³/mol. The molecule has 0 spiro atoms. The third-order valence-corrected chi connectivity index (χ3v) is 6.73. The van der Waals surface area contributed by atoms with E-state index in [1.165, 1.54) is 5.56 Å². The van der Waals surface area contributed by atoms with Crippen LogP contribution in [0.3, 0.4) is 0 Å². The second-order valence-electron chi connectivity index (χ2n) is 6.68. The number of benzene rings is 1. The topological polar surface area (TPSA) is 50.3 Å². The SMILES string of the molecule is CC(C)c1ccc(S(=O)(=O)N2CCC(c3ccncc3)CC2)cc1. The Morgan fingerprint density at radius 3 is 2.12 bits per heavy atom. The Bertz CT molecular complexity index is 763. The molecule has 3 rings (SSSR count). The molecule has 0 amide bonds. The third-order valence-electron chi connectivity index (χ3n) is 4.82. The van der Waals surface area contributed by atoms with Gasteiger partial charge < -0.3 is 0 Å². The molecule has 0 radical (unpaired) electrons. The molecule has 0 saturated carbocycles. The third kappa shape index (κ3) is 3.52. The summed E-state index contributed by atoms with van der Waals surface area (Å²) in [6.45, 7) is 5.35. The molecular formula is C19H24N2O2S. The maximum absolute atomic E-state index is 12.8. The van der Waals surface area contributed by atoms with Crippen LogP contribution in [-0.2, 0) is 10.0 Å². The fraction of sp³-hybridized carbons (Fsp3) is 0.421. The minimum atomic E-state index is -3.39. The molecule has 128 valence electrons. The van der Waals surface area contributed by atoms with Crippen LogP contribution < -0.4 is 0 Å². The highest BCUT2D eigenvalue weighted by molar-refractivity contribution is 7.89. The van der Waals surface area contributed by atoms with Crippen LogP contribution in [-0.4, -0.2) is 30.8 Å². The molecule has 0 aliphatic carbocycles. The van der Waals surface area contributed by atoms with Crippen LogP contribution in [0.2, 0.25) is 0 Å². The van der Waals surface area contributed by atoms with E-state index in [2.05, 4.69) is 18.8 Å². The molecule has 0 unspecified atom stereocenters. The average molecular weight is 344 g/mol. The lowest BCUT2D eigenvalue weighted by molar-refractivity contribution is 0.319. The molecule has 1 fully saturated rings. The van der Waals surface area contributed by atoms with Gasteiger partial charge in [-0.3, -0.25) is 4.98 Å². The van der Waals surface area contributed by atoms with E-state index in [0.717, 1.165) is 18.4 Å². The van der Waals surface area contributed by atoms with Crippen LogP contribution in [0.1, 0.15) is 49.7 Å². The van der Waals surface area contributed by atoms with Gasteiger partial charge in [-0.15, -0.1) is 0 Å². The van der Waals surface area contributed by atoms with Gasteiger partial charge in [0, 0.05) is 25.5 Å². The molecule has 1 aliphatic heterocycles. The zero-order valence-electron chi connectivity index (χ0n) is 14.2. The second kappa shape index (κ2) is 7.03. The van der Waals surface area contributed by atoms with Gasteiger partial charge in [-0.05, 0) is 60.1 Å². The Balaban J connectivity index is 1.70. The maximum Gasteiger partial charge on any atom is 0.243 e. The summed E-state index contributed by atoms with van der Waals surface area (Å²) in [5.41, 5.74) is 2.41. The maximum atomic E-state index is 12.8. The summed E-state index contributed by atoms with van der Waals surface area (Å²) in [6, 6.07) is 11.4. The fourth-order valence-electron chi connectivity index (χ4n) is 3.24. The van der Waals surface area contributed by atoms with Crippen molar-refractivity contribution in [1.82, 2.24) is 9.29 Å². The second-order valence-corrected chi connectivity index (χ2v) is 8.62. The zero-order valence-corrected chi connectivity index (χ0v) is 15.0. The molecule has 1 aromatic heterocycles. The van der Waals surface area contributed by atoms with Crippen molar-refractivity contribution in [3.05, 3.63) is 59.9 Å². The van der Waals surface area contributed by atoms with Gasteiger partial charge in [0.2, 0.25) is 10.0 Å². The number of sulfonamides is 1. The first kappa shape index (κ1) is 17.1. The molecule has 0 N–H and O–H groups in total. The highest BCUT2D eigenvalue weighted by atomic mass is 32.2. The first-order chi connectivity index (χ1) is 11.5. The Morgan fingerprint density at radius 1 is 1.00 bits per heavy atom. The van der Waals surface area contributed by atoms with Gasteiger partial charge in [0.05, 0.1) is 4.90 Å². The number of hydrogen-bond acceptors (Lipinski definition) is 3. The van der Waals surface area contributed by atoms with E-state index in [1.54, 1.807) is 28.8 Å². The summed E-state index contributed by atoms with van der Waals surface area (Å²) in [7, 11) is -3.39. The first-order valence-electron chi connectivity index (χ1n) is 8.48. The number of pyridine rings is 1. The highest BCUT2D eigenvalue weighted by Gasteiger charge is 2.29. The number of hydrogen-bond donors (Lipinski definition) is 0. The predicted octanol–water partition coefficient (Wildman–Crippen LogP) is 3.77. The monoisotopic (exact) mass is 344 g/mol. The minimum Gasteiger partial charge on any atom is -0.265 e. The molecule has 1 saturated heterocycles. The van der Waals surface area contributed by atoms with E-state index in [4.69, 9.17) is 0 Å². The molecule has 4 nitrogen and oxygen atoms in total. The van der Waals surface area contributed by atoms with Crippen molar-refractivity contribution in [3.63, 3.8) is 0 Å². The van der Waals surface area contributed by atoms with Crippen LogP contribution in [0.15, 0.2) is 53.7 Å². The summed E-state index contributed by atoms with van der Waals surface area (Å²) < 4.78 is 27.3. The number of piperidine rings is 1. The molecule has 1 aromatic carbocycles. The molecular weight excluding hydrogens is 320 g/mol. The van der Waals surface area contributed by atoms with Gasteiger partial charge in [-0.1, -0.05) is 26.0 Å². The van der Waals surface area contributed by atoms with Crippen molar-refractivity contribution in [2.24, 2.45) is 0 Å². The van der Waals surface area contributed by atoms with Gasteiger partial charge in [0.15, 0.2) is 0 Å². The molecule has 0 atom stereocenters. The lowest BCUT2D eigenvalue weighted by Gasteiger charge is -2.31. The molecule has 2 aromatic rings. The summed E-state index contributed by atoms with van der Waals surface area (Å²) in [6.07, 6.45) is 5.31. The standard InChI is InChI=1S/C19H24N2O2S/c1-15(2)16-3-5-19(6-4-16)24(22,23)21-13-9-18(10-14-21)17-7-11-20-12-8-17/h3-8,11-12,15,18H,9-10,13-14H2,1-2H3. The Kier molecular flexibility index (Phi) is 5.01. The van der Waals surface area contributed by atoms with Crippen molar-refractivity contribution < 1.29 is 8.42 Å². The molecule has 5 heteroatoms. The van der Waals surface area contributed by atoms with Crippen molar-refractivity contribution in [2.75, 3.05) is 13.1 Å². The first-order valence-corrected chi connectivity index (χ1v) is 9.92. The summed E-state index contributed by atoms with van der Waals surface area (Å²) in [4.78, 5) is 4.44. The number of rotatable bonds is 4. The van der Waals surface area contributed by atoms with Crippen LogP contribution in [0, 0.1) is 0 Å². The lowest BCUT2D eigenvalue weighted by Crippen LogP contribution is -2.37. The van der Waals surface area contributed by atoms with Crippen LogP contribution in [0.4, 0.5) is 0 Å². The molecule has 1 aliphatic rings. The summed E-state index contributed by atoms with van der Waals surface area (Å²) in [5, 5.41) is 0. The van der Waals surface area contributed by atoms with E-state index < -0.39 is 10.0 Å². The van der Waals surface area contributed by atoms with E-state index in [0.29, 0.717) is 29.8 Å². The Labute approximate surface area is 144 Å². The zero-order chi connectivity index (χ0) is 17.2. The molecule has 2 heterocycles. The molecule has 0 bridgehead atoms. The quantitative estimate of drug-likeness (QED) is 0.848. The number of nitrogens with zero attached hydrogens (tertiary/aromatic N) is 2. The van der Waals surface area contributed by atoms with Crippen LogP contribution in [0.5, 0.6) is 0 Å². The number of aromatic nitrogens is 1. The normalized spacial score (nSPS) is 17.3. The summed E-state index contributed by atoms with van der Waals surface area (Å²) >= 11 is 0. The van der Waals surface area contributed by atoms with E-state index in [-0.39, 0.29) is 0 Å². The Morgan fingerprint density at radius 2 is 1.58 bits per heavy atom. The van der Waals surface area contributed by atoms with Crippen LogP contribution >= 0.6 is 0 Å². The highest BCUT2D eigenvalue weighted by Crippen LogP contribution is 2.30. The fourth-order valence-corrected chi connectivity index (χ4v) is 4.71. The minimum absolute atomic E-state index is 0.397. The van der Waals surface area contributed by atoms with E-state index in [1.807, 2.05) is 24.3 Å². The van der Waals surface area contributed by atoms with E-state index in [9.17, 15) is 8.42 Å². The van der Waals surface area contributed by atoms with E-state index >= 15 is 0 Å². The average Bonchev–Trinajstić information content (AvgIpc) is 2.62. The lowest BCUT2D eigenvalue weighted by atomic mass is 9.91. The van der Waals surface area contributed by atoms with Crippen molar-refractivity contribution in [2.45, 2.75) is 43.4 Å². The van der Waals surface area contributed by atoms with Gasteiger partial charge in [0.1, 0.15) is 0 Å². The van der Waals surface area contributed by atoms with Crippen LogP contribution in [0.25, 0.3) is 0 Å². The molecule has 24 heavy (non-hydrogen) atoms. The van der Waals surface area contributed by atoms with Gasteiger partial charge in [-0.25, -0.2) is 8.42 Å². The van der Waals surface area contributed by atoms with Gasteiger partial charge in [0.25, 0.3) is 0 Å². The van der Waals surface area contributed by atoms with Crippen molar-refractivity contribution in [3.8, 4) is 0 Å². The van der Waals surface area contributed by atoms with Crippen molar-refractivity contribution in [1.29, 1.82) is 0 Å².